The van der Waals surface area contributed by atoms with E-state index in [4.69, 9.17) is 20.2 Å². The van der Waals surface area contributed by atoms with Crippen LogP contribution in [0.5, 0.6) is 0 Å². The number of benzene rings is 1. The van der Waals surface area contributed by atoms with Gasteiger partial charge in [-0.25, -0.2) is 14.6 Å². The van der Waals surface area contributed by atoms with Gasteiger partial charge in [0.05, 0.1) is 11.1 Å². The van der Waals surface area contributed by atoms with E-state index in [-0.39, 0.29) is 17.7 Å². The molecule has 0 aliphatic carbocycles. The highest BCUT2D eigenvalue weighted by atomic mass is 32.1. The highest BCUT2D eigenvalue weighted by Gasteiger charge is 2.50. The Labute approximate surface area is 275 Å². The summed E-state index contributed by atoms with van der Waals surface area (Å²) in [6.45, 7) is 14.5. The monoisotopic (exact) mass is 659 g/mol. The number of likely N-dealkylation sites (tertiary alicyclic amines) is 1. The number of rotatable bonds is 11. The van der Waals surface area contributed by atoms with E-state index in [0.29, 0.717) is 30.2 Å². The van der Waals surface area contributed by atoms with Gasteiger partial charge in [-0.3, -0.25) is 14.5 Å². The SMILES string of the molecule is CNC(=O)C1CCN(Cc2sc(NC(C)=O)nc2CCc2ccc(NC(OC(N)=O)(OC(=O)NC(C)(C)C)C(C)(C)C)cc2)CC1. The average Bonchev–Trinajstić information content (AvgIpc) is 3.30. The van der Waals surface area contributed by atoms with Gasteiger partial charge in [-0.05, 0) is 77.2 Å². The molecule has 254 valence electrons. The van der Waals surface area contributed by atoms with E-state index in [1.165, 1.54) is 18.3 Å². The minimum absolute atomic E-state index is 0.0395. The summed E-state index contributed by atoms with van der Waals surface area (Å²) in [5.41, 5.74) is 6.41. The standard InChI is InChI=1S/C32H49N7O6S/c1-20(40)35-28-36-24(25(46-28)19-39-17-15-22(16-18-39)26(41)34-8)14-11-21-9-12-23(13-10-21)37-32(30(2,3)4,44-27(33)42)45-29(43)38-31(5,6)7/h9-10,12-13,22,37H,11,14-19H2,1-8H3,(H2,33,42)(H,34,41)(H,38,43)(H,35,36,40). The number of nitrogens with two attached hydrogens (primary N) is 1. The third-order valence-electron chi connectivity index (χ3n) is 7.49. The smallest absolute Gasteiger partial charge is 0.387 e. The molecular weight excluding hydrogens is 610 g/mol. The summed E-state index contributed by atoms with van der Waals surface area (Å²) in [7, 11) is 1.67. The summed E-state index contributed by atoms with van der Waals surface area (Å²) in [6.07, 6.45) is 1.07. The lowest BCUT2D eigenvalue weighted by Gasteiger charge is -2.42. The number of alkyl carbamates (subject to hydrolysis) is 1. The molecule has 13 nitrogen and oxygen atoms in total. The lowest BCUT2D eigenvalue weighted by molar-refractivity contribution is -0.202. The van der Waals surface area contributed by atoms with Crippen molar-refractivity contribution in [3.8, 4) is 0 Å². The molecule has 2 heterocycles. The molecule has 3 rings (SSSR count). The number of aromatic nitrogens is 1. The van der Waals surface area contributed by atoms with Crippen molar-refractivity contribution in [3.05, 3.63) is 40.4 Å². The van der Waals surface area contributed by atoms with Crippen molar-refractivity contribution in [1.82, 2.24) is 20.5 Å². The van der Waals surface area contributed by atoms with Gasteiger partial charge in [0.25, 0.3) is 0 Å². The lowest BCUT2D eigenvalue weighted by Crippen LogP contribution is -2.59. The van der Waals surface area contributed by atoms with Crippen molar-refractivity contribution in [1.29, 1.82) is 0 Å². The van der Waals surface area contributed by atoms with E-state index in [0.717, 1.165) is 42.1 Å². The molecule has 1 aromatic heterocycles. The van der Waals surface area contributed by atoms with Crippen LogP contribution < -0.4 is 27.0 Å². The second-order valence-corrected chi connectivity index (χ2v) is 14.7. The Balaban J connectivity index is 1.74. The Morgan fingerprint density at radius 3 is 2.15 bits per heavy atom. The second-order valence-electron chi connectivity index (χ2n) is 13.6. The molecule has 6 N–H and O–H groups in total. The molecule has 1 unspecified atom stereocenters. The number of aryl methyl sites for hydroxylation is 2. The fourth-order valence-corrected chi connectivity index (χ4v) is 6.14. The van der Waals surface area contributed by atoms with E-state index in [1.54, 1.807) is 48.6 Å². The maximum absolute atomic E-state index is 12.8. The number of amides is 4. The van der Waals surface area contributed by atoms with E-state index in [2.05, 4.69) is 26.2 Å². The van der Waals surface area contributed by atoms with Gasteiger partial charge in [-0.2, -0.15) is 0 Å². The Morgan fingerprint density at radius 1 is 1.00 bits per heavy atom. The average molecular weight is 660 g/mol. The Kier molecular flexibility index (Phi) is 12.0. The first-order valence-corrected chi connectivity index (χ1v) is 16.3. The number of thiazole rings is 1. The number of ether oxygens (including phenoxy) is 2. The third kappa shape index (κ3) is 10.6. The molecule has 0 saturated carbocycles. The van der Waals surface area contributed by atoms with Crippen molar-refractivity contribution in [2.24, 2.45) is 17.1 Å². The molecule has 14 heteroatoms. The lowest BCUT2D eigenvalue weighted by atomic mass is 9.90. The van der Waals surface area contributed by atoms with Crippen LogP contribution in [0.25, 0.3) is 0 Å². The van der Waals surface area contributed by atoms with Gasteiger partial charge < -0.3 is 36.5 Å². The van der Waals surface area contributed by atoms with Gasteiger partial charge in [0.2, 0.25) is 11.8 Å². The predicted molar refractivity (Wildman–Crippen MR) is 178 cm³/mol. The van der Waals surface area contributed by atoms with Gasteiger partial charge in [0, 0.05) is 42.5 Å². The first kappa shape index (κ1) is 36.6. The fraction of sp³-hybridized carbons (Fsp3) is 0.594. The number of anilines is 2. The summed E-state index contributed by atoms with van der Waals surface area (Å²) in [4.78, 5) is 56.7. The number of nitrogens with one attached hydrogen (secondary N) is 4. The molecule has 46 heavy (non-hydrogen) atoms. The summed E-state index contributed by atoms with van der Waals surface area (Å²) in [6, 6.07) is 7.48. The van der Waals surface area contributed by atoms with Gasteiger partial charge in [0.15, 0.2) is 5.13 Å². The van der Waals surface area contributed by atoms with E-state index in [1.807, 2.05) is 24.3 Å². The number of hydrogen-bond donors (Lipinski definition) is 5. The van der Waals surface area contributed by atoms with Gasteiger partial charge in [0.1, 0.15) is 0 Å². The zero-order valence-electron chi connectivity index (χ0n) is 28.2. The maximum atomic E-state index is 12.8. The zero-order chi connectivity index (χ0) is 34.3. The highest BCUT2D eigenvalue weighted by molar-refractivity contribution is 7.15. The predicted octanol–water partition coefficient (Wildman–Crippen LogP) is 4.58. The first-order valence-electron chi connectivity index (χ1n) is 15.5. The molecule has 2 aromatic rings. The largest absolute Gasteiger partial charge is 0.412 e. The van der Waals surface area contributed by atoms with Crippen LogP contribution in [0.3, 0.4) is 0 Å². The van der Waals surface area contributed by atoms with Crippen molar-refractivity contribution in [3.63, 3.8) is 0 Å². The van der Waals surface area contributed by atoms with Crippen LogP contribution in [0.15, 0.2) is 24.3 Å². The molecule has 4 amide bonds. The van der Waals surface area contributed by atoms with E-state index in [9.17, 15) is 19.2 Å². The highest BCUT2D eigenvalue weighted by Crippen LogP contribution is 2.37. The molecule has 1 aliphatic heterocycles. The normalized spacial score (nSPS) is 15.7. The number of hydrogen-bond acceptors (Lipinski definition) is 10. The van der Waals surface area contributed by atoms with Gasteiger partial charge in [-0.15, -0.1) is 11.3 Å². The van der Waals surface area contributed by atoms with Crippen LogP contribution in [-0.4, -0.2) is 65.5 Å². The minimum atomic E-state index is -1.90. The van der Waals surface area contributed by atoms with Crippen molar-refractivity contribution in [2.45, 2.75) is 92.1 Å². The fourth-order valence-electron chi connectivity index (χ4n) is 5.04. The van der Waals surface area contributed by atoms with Gasteiger partial charge in [-0.1, -0.05) is 32.9 Å². The van der Waals surface area contributed by atoms with E-state index < -0.39 is 29.1 Å². The van der Waals surface area contributed by atoms with E-state index >= 15 is 0 Å². The summed E-state index contributed by atoms with van der Waals surface area (Å²) in [5.74, 6) is -1.94. The Morgan fingerprint density at radius 2 is 1.63 bits per heavy atom. The van der Waals surface area contributed by atoms with Crippen LogP contribution in [0, 0.1) is 11.3 Å². The molecular formula is C32H49N7O6S. The molecule has 1 atom stereocenters. The summed E-state index contributed by atoms with van der Waals surface area (Å²) < 4.78 is 11.2. The number of primary amides is 1. The number of piperidine rings is 1. The molecule has 0 radical (unpaired) electrons. The molecule has 1 aliphatic rings. The number of nitrogens with zero attached hydrogens (tertiary/aromatic N) is 2. The van der Waals surface area contributed by atoms with Crippen LogP contribution >= 0.6 is 11.3 Å². The number of carbonyl (C=O) groups excluding carboxylic acids is 4. The molecule has 1 saturated heterocycles. The quantitative estimate of drug-likeness (QED) is 0.216. The topological polar surface area (TPSA) is 177 Å². The zero-order valence-corrected chi connectivity index (χ0v) is 29.0. The summed E-state index contributed by atoms with van der Waals surface area (Å²) in [5, 5.41) is 11.9. The maximum Gasteiger partial charge on any atom is 0.412 e. The minimum Gasteiger partial charge on any atom is -0.387 e. The second kappa shape index (κ2) is 15.1. The molecule has 1 fully saturated rings. The third-order valence-corrected chi connectivity index (χ3v) is 8.49. The molecule has 1 aromatic carbocycles. The Hall–Kier alpha value is -3.91. The number of carbonyl (C=O) groups is 4. The molecule has 0 bridgehead atoms. The first-order chi connectivity index (χ1) is 21.4. The van der Waals surface area contributed by atoms with Crippen molar-refractivity contribution in [2.75, 3.05) is 30.8 Å². The summed E-state index contributed by atoms with van der Waals surface area (Å²) >= 11 is 1.48. The molecule has 0 spiro atoms. The van der Waals surface area contributed by atoms with Crippen molar-refractivity contribution >= 4 is 46.2 Å². The van der Waals surface area contributed by atoms with Crippen LogP contribution in [0.1, 0.15) is 77.4 Å². The van der Waals surface area contributed by atoms with Crippen LogP contribution in [0.4, 0.5) is 20.4 Å². The van der Waals surface area contributed by atoms with Crippen molar-refractivity contribution < 1.29 is 28.7 Å². The van der Waals surface area contributed by atoms with Crippen LogP contribution in [0.2, 0.25) is 0 Å². The Bertz CT molecular complexity index is 1370. The van der Waals surface area contributed by atoms with Gasteiger partial charge >= 0.3 is 18.1 Å². The van der Waals surface area contributed by atoms with Crippen LogP contribution in [-0.2, 0) is 38.4 Å².